The molecule has 2 heterocycles. The molecule has 1 amide bonds. The van der Waals surface area contributed by atoms with Crippen LogP contribution in [0, 0.1) is 11.7 Å². The zero-order chi connectivity index (χ0) is 13.0. The lowest BCUT2D eigenvalue weighted by Gasteiger charge is -2.27. The quantitative estimate of drug-likeness (QED) is 0.880. The Morgan fingerprint density at radius 2 is 2.44 bits per heavy atom. The molecule has 18 heavy (non-hydrogen) atoms. The number of pyridine rings is 1. The highest BCUT2D eigenvalue weighted by Crippen LogP contribution is 2.13. The lowest BCUT2D eigenvalue weighted by molar-refractivity contribution is 0.0764. The number of halogens is 1. The molecule has 1 aliphatic heterocycles. The van der Waals surface area contributed by atoms with Crippen molar-refractivity contribution in [1.29, 1.82) is 0 Å². The number of hydrogen-bond donors (Lipinski definition) is 1. The van der Waals surface area contributed by atoms with E-state index in [2.05, 4.69) is 10.3 Å². The Morgan fingerprint density at radius 3 is 3.11 bits per heavy atom. The van der Waals surface area contributed by atoms with Crippen LogP contribution in [0.1, 0.15) is 23.2 Å². The molecule has 0 spiro atoms. The zero-order valence-corrected chi connectivity index (χ0v) is 10.5. The number of amides is 1. The van der Waals surface area contributed by atoms with Gasteiger partial charge < -0.3 is 10.2 Å². The number of nitrogens with zero attached hydrogens (tertiary/aromatic N) is 2. The van der Waals surface area contributed by atoms with Crippen LogP contribution in [-0.4, -0.2) is 42.5 Å². The third kappa shape index (κ3) is 3.26. The summed E-state index contributed by atoms with van der Waals surface area (Å²) in [6, 6.07) is 1.23. The number of nitrogens with one attached hydrogen (secondary N) is 1. The van der Waals surface area contributed by atoms with Crippen molar-refractivity contribution in [2.24, 2.45) is 5.92 Å². The van der Waals surface area contributed by atoms with Gasteiger partial charge in [-0.2, -0.15) is 0 Å². The van der Waals surface area contributed by atoms with Crippen molar-refractivity contribution in [1.82, 2.24) is 15.2 Å². The molecular formula is C13H18FN3O. The van der Waals surface area contributed by atoms with Crippen molar-refractivity contribution in [3.05, 3.63) is 29.8 Å². The maximum Gasteiger partial charge on any atom is 0.255 e. The first-order valence-electron chi connectivity index (χ1n) is 6.23. The summed E-state index contributed by atoms with van der Waals surface area (Å²) in [7, 11) is 1.75. The van der Waals surface area contributed by atoms with E-state index in [1.165, 1.54) is 12.3 Å². The van der Waals surface area contributed by atoms with Gasteiger partial charge in [-0.3, -0.25) is 9.78 Å². The standard InChI is InChI=1S/C13H18FN3O/c1-17(9-10-3-2-4-15-6-10)13(18)11-5-12(14)8-16-7-11/h5,7-8,10,15H,2-4,6,9H2,1H3. The first-order valence-corrected chi connectivity index (χ1v) is 6.23. The van der Waals surface area contributed by atoms with Gasteiger partial charge >= 0.3 is 0 Å². The van der Waals surface area contributed by atoms with Crippen molar-refractivity contribution in [3.63, 3.8) is 0 Å². The maximum absolute atomic E-state index is 13.0. The topological polar surface area (TPSA) is 45.2 Å². The lowest BCUT2D eigenvalue weighted by atomic mass is 9.99. The van der Waals surface area contributed by atoms with Gasteiger partial charge in [0.15, 0.2) is 0 Å². The second kappa shape index (κ2) is 5.91. The van der Waals surface area contributed by atoms with Crippen LogP contribution in [0.4, 0.5) is 4.39 Å². The summed E-state index contributed by atoms with van der Waals surface area (Å²) in [5.74, 6) is -0.171. The van der Waals surface area contributed by atoms with Gasteiger partial charge in [0.2, 0.25) is 0 Å². The van der Waals surface area contributed by atoms with Gasteiger partial charge in [-0.1, -0.05) is 0 Å². The zero-order valence-electron chi connectivity index (χ0n) is 10.5. The Hall–Kier alpha value is -1.49. The molecule has 1 aromatic heterocycles. The maximum atomic E-state index is 13.0. The van der Waals surface area contributed by atoms with Gasteiger partial charge in [-0.05, 0) is 37.9 Å². The molecule has 4 nitrogen and oxygen atoms in total. The summed E-state index contributed by atoms with van der Waals surface area (Å²) in [6.45, 7) is 2.70. The Morgan fingerprint density at radius 1 is 1.61 bits per heavy atom. The summed E-state index contributed by atoms with van der Waals surface area (Å²) in [4.78, 5) is 17.4. The number of rotatable bonds is 3. The summed E-state index contributed by atoms with van der Waals surface area (Å²) >= 11 is 0. The van der Waals surface area contributed by atoms with Crippen LogP contribution in [0.25, 0.3) is 0 Å². The van der Waals surface area contributed by atoms with E-state index in [9.17, 15) is 9.18 Å². The Balaban J connectivity index is 1.95. The van der Waals surface area contributed by atoms with Crippen molar-refractivity contribution >= 4 is 5.91 Å². The van der Waals surface area contributed by atoms with Crippen molar-refractivity contribution < 1.29 is 9.18 Å². The number of carbonyl (C=O) groups is 1. The van der Waals surface area contributed by atoms with Crippen LogP contribution < -0.4 is 5.32 Å². The molecular weight excluding hydrogens is 233 g/mol. The minimum atomic E-state index is -0.478. The number of piperidine rings is 1. The van der Waals surface area contributed by atoms with Crippen molar-refractivity contribution in [3.8, 4) is 0 Å². The van der Waals surface area contributed by atoms with Gasteiger partial charge in [0.1, 0.15) is 5.82 Å². The highest BCUT2D eigenvalue weighted by atomic mass is 19.1. The highest BCUT2D eigenvalue weighted by Gasteiger charge is 2.19. The van der Waals surface area contributed by atoms with Gasteiger partial charge in [0.25, 0.3) is 5.91 Å². The fourth-order valence-electron chi connectivity index (χ4n) is 2.30. The fraction of sp³-hybridized carbons (Fsp3) is 0.538. The summed E-state index contributed by atoms with van der Waals surface area (Å²) in [6.07, 6.45) is 4.78. The molecule has 5 heteroatoms. The normalized spacial score (nSPS) is 19.6. The van der Waals surface area contributed by atoms with E-state index in [1.807, 2.05) is 0 Å². The van der Waals surface area contributed by atoms with E-state index < -0.39 is 5.82 Å². The SMILES string of the molecule is CN(CC1CCCNC1)C(=O)c1cncc(F)c1. The molecule has 0 aromatic carbocycles. The molecule has 1 fully saturated rings. The monoisotopic (exact) mass is 251 g/mol. The third-order valence-electron chi connectivity index (χ3n) is 3.23. The van der Waals surface area contributed by atoms with Gasteiger partial charge in [0, 0.05) is 19.8 Å². The largest absolute Gasteiger partial charge is 0.341 e. The van der Waals surface area contributed by atoms with Gasteiger partial charge in [-0.25, -0.2) is 4.39 Å². The third-order valence-corrected chi connectivity index (χ3v) is 3.23. The number of aromatic nitrogens is 1. The molecule has 2 rings (SSSR count). The fourth-order valence-corrected chi connectivity index (χ4v) is 2.30. The molecule has 0 saturated carbocycles. The second-order valence-electron chi connectivity index (χ2n) is 4.79. The van der Waals surface area contributed by atoms with E-state index in [0.717, 1.165) is 32.1 Å². The van der Waals surface area contributed by atoms with E-state index in [-0.39, 0.29) is 5.91 Å². The molecule has 1 aromatic rings. The van der Waals surface area contributed by atoms with Crippen LogP contribution in [0.3, 0.4) is 0 Å². The van der Waals surface area contributed by atoms with Crippen molar-refractivity contribution in [2.75, 3.05) is 26.7 Å². The first-order chi connectivity index (χ1) is 8.66. The van der Waals surface area contributed by atoms with Gasteiger partial charge in [-0.15, -0.1) is 0 Å². The average molecular weight is 251 g/mol. The molecule has 0 bridgehead atoms. The molecule has 0 radical (unpaired) electrons. The average Bonchev–Trinajstić information content (AvgIpc) is 2.39. The predicted octanol–water partition coefficient (Wildman–Crippen LogP) is 1.29. The van der Waals surface area contributed by atoms with Crippen LogP contribution >= 0.6 is 0 Å². The Bertz CT molecular complexity index is 418. The molecule has 1 saturated heterocycles. The summed E-state index contributed by atoms with van der Waals surface area (Å²) in [5, 5.41) is 3.32. The van der Waals surface area contributed by atoms with E-state index >= 15 is 0 Å². The Kier molecular flexibility index (Phi) is 4.25. The van der Waals surface area contributed by atoms with Crippen LogP contribution in [-0.2, 0) is 0 Å². The first kappa shape index (κ1) is 13.0. The number of hydrogen-bond acceptors (Lipinski definition) is 3. The summed E-state index contributed by atoms with van der Waals surface area (Å²) < 4.78 is 13.0. The molecule has 98 valence electrons. The molecule has 0 aliphatic carbocycles. The smallest absolute Gasteiger partial charge is 0.255 e. The molecule has 1 atom stereocenters. The minimum Gasteiger partial charge on any atom is -0.341 e. The predicted molar refractivity (Wildman–Crippen MR) is 66.7 cm³/mol. The summed E-state index contributed by atoms with van der Waals surface area (Å²) in [5.41, 5.74) is 0.307. The number of carbonyl (C=O) groups excluding carboxylic acids is 1. The second-order valence-corrected chi connectivity index (χ2v) is 4.79. The lowest BCUT2D eigenvalue weighted by Crippen LogP contribution is -2.39. The minimum absolute atomic E-state index is 0.174. The van der Waals surface area contributed by atoms with Crippen LogP contribution in [0.2, 0.25) is 0 Å². The Labute approximate surface area is 106 Å². The van der Waals surface area contributed by atoms with E-state index in [1.54, 1.807) is 11.9 Å². The highest BCUT2D eigenvalue weighted by molar-refractivity contribution is 5.93. The molecule has 1 N–H and O–H groups in total. The molecule has 1 unspecified atom stereocenters. The van der Waals surface area contributed by atoms with E-state index in [0.29, 0.717) is 18.0 Å². The van der Waals surface area contributed by atoms with Crippen LogP contribution in [0.15, 0.2) is 18.5 Å². The molecule has 1 aliphatic rings. The van der Waals surface area contributed by atoms with E-state index in [4.69, 9.17) is 0 Å². The van der Waals surface area contributed by atoms with Crippen molar-refractivity contribution in [2.45, 2.75) is 12.8 Å². The van der Waals surface area contributed by atoms with Crippen LogP contribution in [0.5, 0.6) is 0 Å². The van der Waals surface area contributed by atoms with Gasteiger partial charge in [0.05, 0.1) is 11.8 Å².